The minimum atomic E-state index is -0.817. The maximum absolute atomic E-state index is 12.5. The van der Waals surface area contributed by atoms with Crippen molar-refractivity contribution in [1.29, 1.82) is 0 Å². The lowest BCUT2D eigenvalue weighted by Crippen LogP contribution is -2.33. The van der Waals surface area contributed by atoms with Gasteiger partial charge in [0.2, 0.25) is 0 Å². The number of aliphatic carboxylic acids is 1. The molecule has 0 spiro atoms. The number of benzene rings is 2. The summed E-state index contributed by atoms with van der Waals surface area (Å²) >= 11 is 12.9. The Labute approximate surface area is 231 Å². The first-order chi connectivity index (χ1) is 18.4. The number of aryl methyl sites for hydroxylation is 1. The van der Waals surface area contributed by atoms with E-state index in [0.29, 0.717) is 24.5 Å². The van der Waals surface area contributed by atoms with E-state index < -0.39 is 16.8 Å². The van der Waals surface area contributed by atoms with Crippen LogP contribution in [-0.2, 0) is 17.8 Å². The van der Waals surface area contributed by atoms with Crippen molar-refractivity contribution in [2.75, 3.05) is 0 Å². The van der Waals surface area contributed by atoms with E-state index in [0.717, 1.165) is 58.2 Å². The summed E-state index contributed by atoms with van der Waals surface area (Å²) in [5.41, 5.74) is 5.01. The van der Waals surface area contributed by atoms with Gasteiger partial charge in [0.1, 0.15) is 12.4 Å². The van der Waals surface area contributed by atoms with Crippen molar-refractivity contribution in [3.63, 3.8) is 0 Å². The number of fused-ring (bicyclic) bond motifs is 4. The molecule has 2 N–H and O–H groups in total. The molecule has 2 aliphatic rings. The fourth-order valence-electron chi connectivity index (χ4n) is 5.87. The summed E-state index contributed by atoms with van der Waals surface area (Å²) in [7, 11) is 0. The standard InChI is InChI=1S/C31H28Cl2N2O3/c32-20-12-14-31(33,15-13-20)17-26(30(36)37)24-6-3-5-23-25-16-22(10-11-28(25)35-29(23)24)38-18-21-9-8-19-4-1-2-7-27(19)34-21/h1-2,4,7-14,16,24,26,35H,3,5-6,15,17-18H2,(H,36,37). The number of hydrogen-bond donors (Lipinski definition) is 2. The first kappa shape index (κ1) is 25.0. The number of pyridine rings is 1. The molecule has 2 heterocycles. The van der Waals surface area contributed by atoms with Crippen LogP contribution in [0, 0.1) is 5.92 Å². The zero-order valence-electron chi connectivity index (χ0n) is 20.8. The Bertz CT molecular complexity index is 1590. The molecule has 0 fully saturated rings. The van der Waals surface area contributed by atoms with Crippen molar-refractivity contribution in [1.82, 2.24) is 9.97 Å². The molecule has 3 atom stereocenters. The Hall–Kier alpha value is -3.28. The van der Waals surface area contributed by atoms with Crippen LogP contribution in [0.25, 0.3) is 21.8 Å². The van der Waals surface area contributed by atoms with Gasteiger partial charge in [-0.05, 0) is 74.1 Å². The van der Waals surface area contributed by atoms with E-state index in [4.69, 9.17) is 32.9 Å². The molecule has 0 aliphatic heterocycles. The topological polar surface area (TPSA) is 75.2 Å². The number of carbonyl (C=O) groups is 1. The quantitative estimate of drug-likeness (QED) is 0.231. The molecule has 4 aromatic rings. The number of rotatable bonds is 7. The highest BCUT2D eigenvalue weighted by molar-refractivity contribution is 6.32. The normalized spacial score (nSPS) is 21.7. The van der Waals surface area contributed by atoms with Gasteiger partial charge in [-0.2, -0.15) is 0 Å². The van der Waals surface area contributed by atoms with Crippen LogP contribution in [0.4, 0.5) is 0 Å². The minimum absolute atomic E-state index is 0.139. The molecule has 3 unspecified atom stereocenters. The summed E-state index contributed by atoms with van der Waals surface area (Å²) in [4.78, 5) is 20.0. The number of aromatic nitrogens is 2. The number of allylic oxidation sites excluding steroid dienone is 4. The molecule has 38 heavy (non-hydrogen) atoms. The lowest BCUT2D eigenvalue weighted by Gasteiger charge is -2.33. The van der Waals surface area contributed by atoms with Gasteiger partial charge in [0, 0.05) is 32.9 Å². The number of carboxylic acid groups (broad SMARTS) is 1. The van der Waals surface area contributed by atoms with Crippen LogP contribution in [0.15, 0.2) is 77.9 Å². The summed E-state index contributed by atoms with van der Waals surface area (Å²) < 4.78 is 6.13. The fourth-order valence-corrected chi connectivity index (χ4v) is 6.31. The van der Waals surface area contributed by atoms with Gasteiger partial charge in [-0.3, -0.25) is 4.79 Å². The summed E-state index contributed by atoms with van der Waals surface area (Å²) in [6.45, 7) is 0.371. The molecule has 5 nitrogen and oxygen atoms in total. The number of carboxylic acids is 1. The van der Waals surface area contributed by atoms with E-state index in [9.17, 15) is 9.90 Å². The van der Waals surface area contributed by atoms with E-state index in [-0.39, 0.29) is 5.92 Å². The molecule has 2 aromatic carbocycles. The summed E-state index contributed by atoms with van der Waals surface area (Å²) in [5, 5.41) is 13.1. The molecule has 2 aliphatic carbocycles. The highest BCUT2D eigenvalue weighted by Crippen LogP contribution is 2.45. The Morgan fingerprint density at radius 1 is 1.21 bits per heavy atom. The average Bonchev–Trinajstić information content (AvgIpc) is 3.30. The van der Waals surface area contributed by atoms with Crippen molar-refractivity contribution < 1.29 is 14.6 Å². The third kappa shape index (κ3) is 4.93. The lowest BCUT2D eigenvalue weighted by molar-refractivity contribution is -0.143. The molecule has 0 bridgehead atoms. The zero-order chi connectivity index (χ0) is 26.3. The van der Waals surface area contributed by atoms with Crippen molar-refractivity contribution in [3.8, 4) is 5.75 Å². The smallest absolute Gasteiger partial charge is 0.307 e. The molecule has 194 valence electrons. The zero-order valence-corrected chi connectivity index (χ0v) is 22.3. The van der Waals surface area contributed by atoms with E-state index in [1.165, 1.54) is 5.56 Å². The maximum Gasteiger partial charge on any atom is 0.307 e. The predicted octanol–water partition coefficient (Wildman–Crippen LogP) is 7.87. The van der Waals surface area contributed by atoms with Crippen molar-refractivity contribution in [3.05, 3.63) is 94.8 Å². The maximum atomic E-state index is 12.5. The van der Waals surface area contributed by atoms with E-state index in [2.05, 4.69) is 17.1 Å². The second-order valence-electron chi connectivity index (χ2n) is 10.3. The molecule has 2 aromatic heterocycles. The number of aromatic amines is 1. The van der Waals surface area contributed by atoms with E-state index in [1.54, 1.807) is 6.08 Å². The van der Waals surface area contributed by atoms with Gasteiger partial charge in [-0.15, -0.1) is 11.6 Å². The predicted molar refractivity (Wildman–Crippen MR) is 152 cm³/mol. The first-order valence-electron chi connectivity index (χ1n) is 13.0. The van der Waals surface area contributed by atoms with Gasteiger partial charge in [0.05, 0.1) is 22.0 Å². The highest BCUT2D eigenvalue weighted by Gasteiger charge is 2.40. The van der Waals surface area contributed by atoms with Gasteiger partial charge in [-0.25, -0.2) is 4.98 Å². The third-order valence-electron chi connectivity index (χ3n) is 7.81. The number of para-hydroxylation sites is 1. The second-order valence-corrected chi connectivity index (χ2v) is 11.5. The van der Waals surface area contributed by atoms with Gasteiger partial charge in [-0.1, -0.05) is 48.0 Å². The number of H-pyrrole nitrogens is 1. The van der Waals surface area contributed by atoms with Crippen LogP contribution in [0.2, 0.25) is 0 Å². The van der Waals surface area contributed by atoms with Crippen molar-refractivity contribution in [2.24, 2.45) is 5.92 Å². The Morgan fingerprint density at radius 3 is 2.89 bits per heavy atom. The van der Waals surface area contributed by atoms with E-state index in [1.807, 2.05) is 54.6 Å². The number of ether oxygens (including phenoxy) is 1. The highest BCUT2D eigenvalue weighted by atomic mass is 35.5. The van der Waals surface area contributed by atoms with Gasteiger partial charge in [0.15, 0.2) is 0 Å². The monoisotopic (exact) mass is 546 g/mol. The number of alkyl halides is 1. The molecule has 0 radical (unpaired) electrons. The van der Waals surface area contributed by atoms with Crippen LogP contribution in [0.5, 0.6) is 5.75 Å². The molecular weight excluding hydrogens is 519 g/mol. The Balaban J connectivity index is 1.25. The summed E-state index contributed by atoms with van der Waals surface area (Å²) in [6.07, 6.45) is 8.96. The van der Waals surface area contributed by atoms with Gasteiger partial charge in [0.25, 0.3) is 0 Å². The molecular formula is C31H28Cl2N2O3. The van der Waals surface area contributed by atoms with Crippen LogP contribution < -0.4 is 4.74 Å². The first-order valence-corrected chi connectivity index (χ1v) is 13.7. The van der Waals surface area contributed by atoms with Crippen LogP contribution in [-0.4, -0.2) is 25.9 Å². The average molecular weight is 547 g/mol. The van der Waals surface area contributed by atoms with Crippen LogP contribution >= 0.6 is 23.2 Å². The lowest BCUT2D eigenvalue weighted by atomic mass is 9.74. The SMILES string of the molecule is O=C(O)C(CC1(Cl)C=CC(Cl)=CC1)C1CCCc2c1[nH]c1ccc(OCc3ccc4ccccc4n3)cc21. The molecule has 6 rings (SSSR count). The van der Waals surface area contributed by atoms with Gasteiger partial charge >= 0.3 is 5.97 Å². The largest absolute Gasteiger partial charge is 0.487 e. The molecule has 7 heteroatoms. The van der Waals surface area contributed by atoms with Crippen LogP contribution in [0.1, 0.15) is 48.6 Å². The fraction of sp³-hybridized carbons (Fsp3) is 0.290. The molecule has 0 saturated heterocycles. The Kier molecular flexibility index (Phi) is 6.67. The Morgan fingerprint density at radius 2 is 2.08 bits per heavy atom. The molecule has 0 amide bonds. The van der Waals surface area contributed by atoms with Crippen LogP contribution in [0.3, 0.4) is 0 Å². The van der Waals surface area contributed by atoms with Crippen molar-refractivity contribution in [2.45, 2.75) is 49.5 Å². The second kappa shape index (κ2) is 10.1. The van der Waals surface area contributed by atoms with Gasteiger partial charge < -0.3 is 14.8 Å². The number of nitrogens with zero attached hydrogens (tertiary/aromatic N) is 1. The minimum Gasteiger partial charge on any atom is -0.487 e. The number of hydrogen-bond acceptors (Lipinski definition) is 3. The summed E-state index contributed by atoms with van der Waals surface area (Å²) in [6, 6.07) is 18.1. The molecule has 0 saturated carbocycles. The number of nitrogens with one attached hydrogen (secondary N) is 1. The van der Waals surface area contributed by atoms with Crippen molar-refractivity contribution >= 4 is 51.0 Å². The number of halogens is 2. The third-order valence-corrected chi connectivity index (χ3v) is 8.52. The summed E-state index contributed by atoms with van der Waals surface area (Å²) in [5.74, 6) is -0.797. The van der Waals surface area contributed by atoms with E-state index >= 15 is 0 Å².